The number of nitrogens with one attached hydrogen (secondary N) is 2. The lowest BCUT2D eigenvalue weighted by atomic mass is 9.76. The highest BCUT2D eigenvalue weighted by atomic mass is 35.5. The van der Waals surface area contributed by atoms with Crippen LogP contribution in [0.5, 0.6) is 0 Å². The number of ketones is 1. The molecule has 2 aromatic carbocycles. The highest BCUT2D eigenvalue weighted by Crippen LogP contribution is 2.44. The van der Waals surface area contributed by atoms with Gasteiger partial charge >= 0.3 is 0 Å². The van der Waals surface area contributed by atoms with Crippen LogP contribution < -0.4 is 10.6 Å². The minimum Gasteiger partial charge on any atom is -0.352 e. The Labute approximate surface area is 200 Å². The number of aryl methyl sites for hydroxylation is 1. The lowest BCUT2D eigenvalue weighted by molar-refractivity contribution is -0.116. The fourth-order valence-corrected chi connectivity index (χ4v) is 5.11. The molecule has 2 aliphatic rings. The Balaban J connectivity index is 1.61. The molecule has 0 saturated heterocycles. The van der Waals surface area contributed by atoms with Gasteiger partial charge in [0.2, 0.25) is 5.91 Å². The van der Waals surface area contributed by atoms with Gasteiger partial charge in [0.15, 0.2) is 5.78 Å². The standard InChI is InChI=1S/C25H21ClFN3O2S/c1-14-9-10-15(11-18(14)26)29-22(32)13-33-25-17(12-28)23(16-5-2-3-6-19(16)27)24-20(30-25)7-4-8-21(24)31/h2-3,5-6,9-11,23,30H,4,7-8,13H2,1H3,(H,29,32)/t23-/m1/s1. The predicted molar refractivity (Wildman–Crippen MR) is 128 cm³/mol. The van der Waals surface area contributed by atoms with Gasteiger partial charge in [-0.3, -0.25) is 9.59 Å². The molecule has 1 amide bonds. The topological polar surface area (TPSA) is 82.0 Å². The third kappa shape index (κ3) is 4.82. The molecule has 8 heteroatoms. The number of dihydropyridines is 1. The van der Waals surface area contributed by atoms with Gasteiger partial charge in [-0.2, -0.15) is 5.26 Å². The Morgan fingerprint density at radius 3 is 2.82 bits per heavy atom. The SMILES string of the molecule is Cc1ccc(NC(=O)CSC2=C(C#N)[C@@H](c3ccccc3F)C3=C(CCCC3=O)N2)cc1Cl. The number of nitrogens with zero attached hydrogens (tertiary/aromatic N) is 1. The van der Waals surface area contributed by atoms with Crippen molar-refractivity contribution >= 4 is 40.7 Å². The van der Waals surface area contributed by atoms with E-state index < -0.39 is 11.7 Å². The molecule has 0 fully saturated rings. The normalized spacial score (nSPS) is 17.9. The van der Waals surface area contributed by atoms with Crippen LogP contribution >= 0.6 is 23.4 Å². The Hall–Kier alpha value is -3.08. The van der Waals surface area contributed by atoms with Gasteiger partial charge in [-0.05, 0) is 43.5 Å². The lowest BCUT2D eigenvalue weighted by Crippen LogP contribution is -2.32. The van der Waals surface area contributed by atoms with Gasteiger partial charge in [-0.15, -0.1) is 0 Å². The van der Waals surface area contributed by atoms with Crippen molar-refractivity contribution < 1.29 is 14.0 Å². The third-order valence-electron chi connectivity index (χ3n) is 5.68. The van der Waals surface area contributed by atoms with Crippen LogP contribution in [-0.2, 0) is 9.59 Å². The lowest BCUT2D eigenvalue weighted by Gasteiger charge is -2.33. The average molecular weight is 482 g/mol. The van der Waals surface area contributed by atoms with Crippen molar-refractivity contribution in [3.05, 3.63) is 86.3 Å². The van der Waals surface area contributed by atoms with Crippen LogP contribution in [0, 0.1) is 24.1 Å². The summed E-state index contributed by atoms with van der Waals surface area (Å²) in [5.74, 6) is -1.58. The first-order chi connectivity index (χ1) is 15.9. The number of benzene rings is 2. The molecular formula is C25H21ClFN3O2S. The summed E-state index contributed by atoms with van der Waals surface area (Å²) in [6.07, 6.45) is 1.68. The zero-order valence-electron chi connectivity index (χ0n) is 17.9. The number of hydrogen-bond acceptors (Lipinski definition) is 5. The van der Waals surface area contributed by atoms with Crippen molar-refractivity contribution in [2.45, 2.75) is 32.1 Å². The van der Waals surface area contributed by atoms with E-state index in [9.17, 15) is 19.2 Å². The molecule has 0 saturated carbocycles. The number of carbonyl (C=O) groups is 2. The number of carbonyl (C=O) groups excluding carboxylic acids is 2. The molecule has 1 atom stereocenters. The van der Waals surface area contributed by atoms with Crippen LogP contribution in [0.3, 0.4) is 0 Å². The van der Waals surface area contributed by atoms with Gasteiger partial charge < -0.3 is 10.6 Å². The van der Waals surface area contributed by atoms with Gasteiger partial charge in [0.25, 0.3) is 0 Å². The summed E-state index contributed by atoms with van der Waals surface area (Å²) in [4.78, 5) is 25.3. The molecule has 0 bridgehead atoms. The summed E-state index contributed by atoms with van der Waals surface area (Å²) in [5.41, 5.74) is 3.16. The minimum atomic E-state index is -0.790. The molecule has 2 N–H and O–H groups in total. The maximum atomic E-state index is 14.7. The summed E-state index contributed by atoms with van der Waals surface area (Å²) in [6.45, 7) is 1.87. The van der Waals surface area contributed by atoms with E-state index in [1.165, 1.54) is 6.07 Å². The smallest absolute Gasteiger partial charge is 0.234 e. The van der Waals surface area contributed by atoms with E-state index in [1.54, 1.807) is 30.3 Å². The molecule has 0 unspecified atom stereocenters. The highest BCUT2D eigenvalue weighted by molar-refractivity contribution is 8.03. The molecule has 168 valence electrons. The van der Waals surface area contributed by atoms with Crippen LogP contribution in [0.1, 0.15) is 36.3 Å². The average Bonchev–Trinajstić information content (AvgIpc) is 2.80. The van der Waals surface area contributed by atoms with Gasteiger partial charge in [0, 0.05) is 34.0 Å². The number of allylic oxidation sites excluding steroid dienone is 3. The second-order valence-electron chi connectivity index (χ2n) is 7.90. The zero-order valence-corrected chi connectivity index (χ0v) is 19.4. The summed E-state index contributed by atoms with van der Waals surface area (Å²) in [7, 11) is 0. The van der Waals surface area contributed by atoms with Gasteiger partial charge in [0.1, 0.15) is 5.82 Å². The first-order valence-electron chi connectivity index (χ1n) is 10.5. The molecule has 0 aromatic heterocycles. The van der Waals surface area contributed by atoms with Crippen molar-refractivity contribution in [2.24, 2.45) is 0 Å². The van der Waals surface area contributed by atoms with Gasteiger partial charge in [0.05, 0.1) is 28.3 Å². The summed E-state index contributed by atoms with van der Waals surface area (Å²) < 4.78 is 14.7. The number of Topliss-reactive ketones (excluding diaryl/α,β-unsaturated/α-hetero) is 1. The molecule has 0 spiro atoms. The van der Waals surface area contributed by atoms with Gasteiger partial charge in [-0.25, -0.2) is 4.39 Å². The van der Waals surface area contributed by atoms with Crippen LogP contribution in [0.2, 0.25) is 5.02 Å². The number of rotatable bonds is 5. The van der Waals surface area contributed by atoms with Crippen molar-refractivity contribution in [1.29, 1.82) is 5.26 Å². The van der Waals surface area contributed by atoms with Crippen molar-refractivity contribution in [1.82, 2.24) is 5.32 Å². The maximum absolute atomic E-state index is 14.7. The Morgan fingerprint density at radius 2 is 2.09 bits per heavy atom. The summed E-state index contributed by atoms with van der Waals surface area (Å²) >= 11 is 7.28. The molecule has 0 radical (unpaired) electrons. The Bertz CT molecular complexity index is 1250. The monoisotopic (exact) mass is 481 g/mol. The zero-order chi connectivity index (χ0) is 23.5. The van der Waals surface area contributed by atoms with E-state index in [0.717, 1.165) is 17.3 Å². The van der Waals surface area contributed by atoms with Crippen LogP contribution in [-0.4, -0.2) is 17.4 Å². The van der Waals surface area contributed by atoms with E-state index in [2.05, 4.69) is 16.7 Å². The Morgan fingerprint density at radius 1 is 1.30 bits per heavy atom. The molecule has 1 aliphatic carbocycles. The first-order valence-corrected chi connectivity index (χ1v) is 11.9. The van der Waals surface area contributed by atoms with Crippen molar-refractivity contribution in [3.8, 4) is 6.07 Å². The van der Waals surface area contributed by atoms with E-state index in [1.807, 2.05) is 13.0 Å². The van der Waals surface area contributed by atoms with E-state index in [0.29, 0.717) is 46.3 Å². The fourth-order valence-electron chi connectivity index (χ4n) is 4.06. The second-order valence-corrected chi connectivity index (χ2v) is 9.30. The summed E-state index contributed by atoms with van der Waals surface area (Å²) in [6, 6.07) is 13.6. The van der Waals surface area contributed by atoms with E-state index in [4.69, 9.17) is 11.6 Å². The van der Waals surface area contributed by atoms with E-state index >= 15 is 0 Å². The number of thioether (sulfide) groups is 1. The number of halogens is 2. The molecule has 33 heavy (non-hydrogen) atoms. The van der Waals surface area contributed by atoms with E-state index in [-0.39, 0.29) is 28.6 Å². The largest absolute Gasteiger partial charge is 0.352 e. The molecular weight excluding hydrogens is 461 g/mol. The molecule has 5 nitrogen and oxygen atoms in total. The third-order valence-corrected chi connectivity index (χ3v) is 7.11. The second kappa shape index (κ2) is 9.82. The highest BCUT2D eigenvalue weighted by Gasteiger charge is 2.38. The number of hydrogen-bond donors (Lipinski definition) is 2. The predicted octanol–water partition coefficient (Wildman–Crippen LogP) is 5.59. The molecule has 1 aliphatic heterocycles. The van der Waals surface area contributed by atoms with Crippen LogP contribution in [0.25, 0.3) is 0 Å². The maximum Gasteiger partial charge on any atom is 0.234 e. The quantitative estimate of drug-likeness (QED) is 0.581. The first kappa shape index (κ1) is 23.1. The molecule has 2 aromatic rings. The van der Waals surface area contributed by atoms with Crippen LogP contribution in [0.15, 0.2) is 64.3 Å². The number of nitriles is 1. The number of amides is 1. The van der Waals surface area contributed by atoms with Gasteiger partial charge in [-0.1, -0.05) is 47.6 Å². The minimum absolute atomic E-state index is 0.0273. The Kier molecular flexibility index (Phi) is 6.87. The van der Waals surface area contributed by atoms with Crippen molar-refractivity contribution in [2.75, 3.05) is 11.1 Å². The van der Waals surface area contributed by atoms with Crippen LogP contribution in [0.4, 0.5) is 10.1 Å². The number of anilines is 1. The summed E-state index contributed by atoms with van der Waals surface area (Å²) in [5, 5.41) is 17.0. The van der Waals surface area contributed by atoms with Crippen molar-refractivity contribution in [3.63, 3.8) is 0 Å². The molecule has 4 rings (SSSR count). The fraction of sp³-hybridized carbons (Fsp3) is 0.240. The molecule has 1 heterocycles.